The Morgan fingerprint density at radius 1 is 0.868 bits per heavy atom. The number of benzene rings is 3. The van der Waals surface area contributed by atoms with Crippen molar-refractivity contribution in [2.75, 3.05) is 17.4 Å². The summed E-state index contributed by atoms with van der Waals surface area (Å²) in [6.07, 6.45) is 1.77. The number of unbranched alkanes of at least 4 members (excludes halogenated alkanes) is 1. The second-order valence-electron chi connectivity index (χ2n) is 9.49. The van der Waals surface area contributed by atoms with Crippen molar-refractivity contribution in [1.29, 1.82) is 0 Å². The molecule has 0 radical (unpaired) electrons. The molecule has 0 unspecified atom stereocenters. The maximum Gasteiger partial charge on any atom is 0.264 e. The van der Waals surface area contributed by atoms with E-state index in [2.05, 4.69) is 5.32 Å². The van der Waals surface area contributed by atoms with Crippen LogP contribution >= 0.6 is 0 Å². The highest BCUT2D eigenvalue weighted by molar-refractivity contribution is 7.92. The summed E-state index contributed by atoms with van der Waals surface area (Å²) in [6.45, 7) is 7.85. The topological polar surface area (TPSA) is 86.8 Å². The van der Waals surface area contributed by atoms with Gasteiger partial charge in [-0.25, -0.2) is 8.42 Å². The van der Waals surface area contributed by atoms with E-state index in [0.717, 1.165) is 33.8 Å². The number of aryl methyl sites for hydroxylation is 2. The van der Waals surface area contributed by atoms with Crippen LogP contribution in [0, 0.1) is 13.8 Å². The lowest BCUT2D eigenvalue weighted by molar-refractivity contribution is -0.139. The molecule has 0 aliphatic carbocycles. The molecule has 3 rings (SSSR count). The van der Waals surface area contributed by atoms with Gasteiger partial charge in [0, 0.05) is 13.1 Å². The van der Waals surface area contributed by atoms with Crippen LogP contribution in [0.5, 0.6) is 0 Å². The van der Waals surface area contributed by atoms with Gasteiger partial charge in [-0.15, -0.1) is 0 Å². The van der Waals surface area contributed by atoms with Crippen LogP contribution in [0.25, 0.3) is 0 Å². The molecule has 1 N–H and O–H groups in total. The number of hydrogen-bond donors (Lipinski definition) is 1. The molecular formula is C30H37N3O4S. The molecule has 2 amide bonds. The van der Waals surface area contributed by atoms with E-state index in [1.54, 1.807) is 49.4 Å². The second-order valence-corrected chi connectivity index (χ2v) is 11.4. The zero-order valence-corrected chi connectivity index (χ0v) is 23.4. The van der Waals surface area contributed by atoms with Crippen LogP contribution in [-0.2, 0) is 26.2 Å². The molecule has 0 aliphatic heterocycles. The fourth-order valence-electron chi connectivity index (χ4n) is 3.97. The highest BCUT2D eigenvalue weighted by Crippen LogP contribution is 2.25. The number of carbonyl (C=O) groups is 2. The average Bonchev–Trinajstić information content (AvgIpc) is 2.92. The van der Waals surface area contributed by atoms with Gasteiger partial charge in [0.25, 0.3) is 10.0 Å². The molecule has 0 fully saturated rings. The van der Waals surface area contributed by atoms with E-state index in [9.17, 15) is 18.0 Å². The quantitative estimate of drug-likeness (QED) is 0.337. The van der Waals surface area contributed by atoms with Gasteiger partial charge in [-0.1, -0.05) is 79.1 Å². The van der Waals surface area contributed by atoms with Crippen molar-refractivity contribution < 1.29 is 18.0 Å². The first-order valence-corrected chi connectivity index (χ1v) is 14.3. The Morgan fingerprint density at radius 3 is 2.03 bits per heavy atom. The smallest absolute Gasteiger partial charge is 0.264 e. The molecule has 0 saturated carbocycles. The molecule has 7 nitrogen and oxygen atoms in total. The number of amides is 2. The molecule has 3 aromatic carbocycles. The Hall–Kier alpha value is -3.65. The standard InChI is InChI=1S/C30H37N3O4S/c1-5-6-20-31-30(35)25(4)32(21-26-16-12-23(2)13-17-26)29(34)22-33(27-18-14-24(3)15-19-27)38(36,37)28-10-8-7-9-11-28/h7-19,25H,5-6,20-22H2,1-4H3,(H,31,35)/t25-/m1/s1. The van der Waals surface area contributed by atoms with Gasteiger partial charge in [-0.2, -0.15) is 0 Å². The van der Waals surface area contributed by atoms with Crippen molar-refractivity contribution >= 4 is 27.5 Å². The minimum absolute atomic E-state index is 0.0869. The van der Waals surface area contributed by atoms with Gasteiger partial charge in [0.1, 0.15) is 12.6 Å². The van der Waals surface area contributed by atoms with E-state index in [0.29, 0.717) is 12.2 Å². The number of hydrogen-bond acceptors (Lipinski definition) is 4. The monoisotopic (exact) mass is 535 g/mol. The molecule has 0 spiro atoms. The zero-order chi connectivity index (χ0) is 27.7. The number of nitrogens with zero attached hydrogens (tertiary/aromatic N) is 2. The molecule has 0 saturated heterocycles. The number of anilines is 1. The van der Waals surface area contributed by atoms with E-state index < -0.39 is 28.5 Å². The first kappa shape index (κ1) is 28.9. The van der Waals surface area contributed by atoms with Gasteiger partial charge in [-0.3, -0.25) is 13.9 Å². The first-order valence-electron chi connectivity index (χ1n) is 12.9. The summed E-state index contributed by atoms with van der Waals surface area (Å²) in [5, 5.41) is 2.90. The molecule has 38 heavy (non-hydrogen) atoms. The number of carbonyl (C=O) groups excluding carboxylic acids is 2. The largest absolute Gasteiger partial charge is 0.354 e. The van der Waals surface area contributed by atoms with Crippen LogP contribution in [0.3, 0.4) is 0 Å². The van der Waals surface area contributed by atoms with E-state index in [1.807, 2.05) is 45.0 Å². The van der Waals surface area contributed by atoms with Crippen molar-refractivity contribution in [1.82, 2.24) is 10.2 Å². The molecule has 0 bridgehead atoms. The highest BCUT2D eigenvalue weighted by Gasteiger charge is 2.32. The Bertz CT molecular complexity index is 1310. The molecule has 3 aromatic rings. The van der Waals surface area contributed by atoms with E-state index in [1.165, 1.54) is 17.0 Å². The second kappa shape index (κ2) is 13.2. The molecule has 0 aromatic heterocycles. The van der Waals surface area contributed by atoms with Crippen LogP contribution in [0.4, 0.5) is 5.69 Å². The predicted octanol–water partition coefficient (Wildman–Crippen LogP) is 4.83. The van der Waals surface area contributed by atoms with Crippen molar-refractivity contribution in [3.63, 3.8) is 0 Å². The lowest BCUT2D eigenvalue weighted by Gasteiger charge is -2.32. The Kier molecular flexibility index (Phi) is 10.1. The SMILES string of the molecule is CCCCNC(=O)[C@@H](C)N(Cc1ccc(C)cc1)C(=O)CN(c1ccc(C)cc1)S(=O)(=O)c1ccccc1. The third-order valence-electron chi connectivity index (χ3n) is 6.40. The fraction of sp³-hybridized carbons (Fsp3) is 0.333. The van der Waals surface area contributed by atoms with E-state index in [-0.39, 0.29) is 17.3 Å². The predicted molar refractivity (Wildman–Crippen MR) is 151 cm³/mol. The van der Waals surface area contributed by atoms with Crippen LogP contribution < -0.4 is 9.62 Å². The number of nitrogens with one attached hydrogen (secondary N) is 1. The normalized spacial score (nSPS) is 12.0. The average molecular weight is 536 g/mol. The highest BCUT2D eigenvalue weighted by atomic mass is 32.2. The van der Waals surface area contributed by atoms with Crippen molar-refractivity contribution in [3.8, 4) is 0 Å². The third-order valence-corrected chi connectivity index (χ3v) is 8.19. The Labute approximate surface area is 226 Å². The van der Waals surface area contributed by atoms with Crippen LogP contribution in [0.1, 0.15) is 43.4 Å². The van der Waals surface area contributed by atoms with E-state index in [4.69, 9.17) is 0 Å². The zero-order valence-electron chi connectivity index (χ0n) is 22.6. The lowest BCUT2D eigenvalue weighted by Crippen LogP contribution is -2.51. The van der Waals surface area contributed by atoms with Crippen LogP contribution in [0.2, 0.25) is 0 Å². The van der Waals surface area contributed by atoms with Crippen LogP contribution in [0.15, 0.2) is 83.8 Å². The molecule has 0 heterocycles. The number of rotatable bonds is 12. The minimum Gasteiger partial charge on any atom is -0.354 e. The van der Waals surface area contributed by atoms with Crippen molar-refractivity contribution in [2.45, 2.75) is 58.0 Å². The van der Waals surface area contributed by atoms with Crippen molar-refractivity contribution in [3.05, 3.63) is 95.6 Å². The maximum absolute atomic E-state index is 13.9. The van der Waals surface area contributed by atoms with Crippen LogP contribution in [-0.4, -0.2) is 44.3 Å². The third kappa shape index (κ3) is 7.44. The van der Waals surface area contributed by atoms with Crippen molar-refractivity contribution in [2.24, 2.45) is 0 Å². The summed E-state index contributed by atoms with van der Waals surface area (Å²) >= 11 is 0. The summed E-state index contributed by atoms with van der Waals surface area (Å²) < 4.78 is 28.6. The molecule has 202 valence electrons. The Balaban J connectivity index is 1.97. The Morgan fingerprint density at radius 2 is 1.45 bits per heavy atom. The molecule has 0 aliphatic rings. The first-order chi connectivity index (χ1) is 18.1. The summed E-state index contributed by atoms with van der Waals surface area (Å²) in [5.74, 6) is -0.740. The van der Waals surface area contributed by atoms with E-state index >= 15 is 0 Å². The number of sulfonamides is 1. The van der Waals surface area contributed by atoms with Gasteiger partial charge in [-0.05, 0) is 57.0 Å². The summed E-state index contributed by atoms with van der Waals surface area (Å²) in [5.41, 5.74) is 3.28. The van der Waals surface area contributed by atoms with Gasteiger partial charge in [0.15, 0.2) is 0 Å². The molecule has 1 atom stereocenters. The summed E-state index contributed by atoms with van der Waals surface area (Å²) in [6, 6.07) is 22.0. The summed E-state index contributed by atoms with van der Waals surface area (Å²) in [4.78, 5) is 28.4. The fourth-order valence-corrected chi connectivity index (χ4v) is 5.40. The molecule has 8 heteroatoms. The van der Waals surface area contributed by atoms with Gasteiger partial charge >= 0.3 is 0 Å². The summed E-state index contributed by atoms with van der Waals surface area (Å²) in [7, 11) is -4.05. The molecular weight excluding hydrogens is 498 g/mol. The lowest BCUT2D eigenvalue weighted by atomic mass is 10.1. The van der Waals surface area contributed by atoms with Gasteiger partial charge < -0.3 is 10.2 Å². The van der Waals surface area contributed by atoms with Gasteiger partial charge in [0.2, 0.25) is 11.8 Å². The van der Waals surface area contributed by atoms with Gasteiger partial charge in [0.05, 0.1) is 10.6 Å². The maximum atomic E-state index is 13.9. The minimum atomic E-state index is -4.05.